The smallest absolute Gasteiger partial charge is 0.338 e. The van der Waals surface area contributed by atoms with Gasteiger partial charge >= 0.3 is 18.0 Å². The molecule has 1 heterocycles. The number of ketones is 1. The van der Waals surface area contributed by atoms with Crippen molar-refractivity contribution < 1.29 is 33.4 Å². The lowest BCUT2D eigenvalue weighted by molar-refractivity contribution is -0.143. The Labute approximate surface area is 174 Å². The van der Waals surface area contributed by atoms with Crippen molar-refractivity contribution in [1.29, 1.82) is 0 Å². The van der Waals surface area contributed by atoms with E-state index in [9.17, 15) is 19.2 Å². The fourth-order valence-corrected chi connectivity index (χ4v) is 3.07. The number of benzene rings is 1. The van der Waals surface area contributed by atoms with Crippen molar-refractivity contribution in [3.8, 4) is 5.75 Å². The van der Waals surface area contributed by atoms with Crippen molar-refractivity contribution in [2.45, 2.75) is 39.7 Å². The summed E-state index contributed by atoms with van der Waals surface area (Å²) in [6, 6.07) is 3.77. The van der Waals surface area contributed by atoms with Gasteiger partial charge in [-0.1, -0.05) is 6.92 Å². The number of rotatable bonds is 9. The molecule has 0 fully saturated rings. The first-order valence-corrected chi connectivity index (χ1v) is 9.61. The largest absolute Gasteiger partial charge is 0.496 e. The first kappa shape index (κ1) is 22.9. The summed E-state index contributed by atoms with van der Waals surface area (Å²) in [7, 11) is 1.46. The molecular weight excluding hydrogens is 392 g/mol. The molecule has 2 N–H and O–H groups in total. The van der Waals surface area contributed by atoms with Gasteiger partial charge < -0.3 is 24.8 Å². The lowest BCUT2D eigenvalue weighted by atomic mass is 10.0. The van der Waals surface area contributed by atoms with Gasteiger partial charge in [-0.2, -0.15) is 0 Å². The first-order chi connectivity index (χ1) is 14.3. The average Bonchev–Trinajstić information content (AvgIpc) is 2.71. The van der Waals surface area contributed by atoms with E-state index in [1.807, 2.05) is 6.92 Å². The summed E-state index contributed by atoms with van der Waals surface area (Å²) in [5.74, 6) is -0.881. The van der Waals surface area contributed by atoms with Crippen molar-refractivity contribution >= 4 is 23.8 Å². The summed E-state index contributed by atoms with van der Waals surface area (Å²) in [5.41, 5.74) is 1.35. The molecule has 1 aromatic carbocycles. The third kappa shape index (κ3) is 5.59. The highest BCUT2D eigenvalue weighted by atomic mass is 16.5. The van der Waals surface area contributed by atoms with Gasteiger partial charge in [0.1, 0.15) is 12.4 Å². The fourth-order valence-electron chi connectivity index (χ4n) is 3.07. The van der Waals surface area contributed by atoms with E-state index in [-0.39, 0.29) is 36.7 Å². The third-order valence-corrected chi connectivity index (χ3v) is 4.55. The summed E-state index contributed by atoms with van der Waals surface area (Å²) in [5, 5.41) is 5.17. The van der Waals surface area contributed by atoms with Gasteiger partial charge in [-0.25, -0.2) is 9.59 Å². The Kier molecular flexibility index (Phi) is 7.97. The predicted molar refractivity (Wildman–Crippen MR) is 107 cm³/mol. The molecule has 9 nitrogen and oxygen atoms in total. The maximum absolute atomic E-state index is 12.4. The molecule has 0 spiro atoms. The molecule has 0 saturated heterocycles. The second-order valence-electron chi connectivity index (χ2n) is 6.59. The Morgan fingerprint density at radius 2 is 1.87 bits per heavy atom. The van der Waals surface area contributed by atoms with E-state index in [1.54, 1.807) is 25.1 Å². The van der Waals surface area contributed by atoms with Crippen LogP contribution in [0, 0.1) is 0 Å². The number of carbonyl (C=O) groups excluding carboxylic acids is 4. The number of esters is 2. The number of Topliss-reactive ketones (excluding diaryl/α,β-unsaturated/α-hetero) is 1. The van der Waals surface area contributed by atoms with E-state index in [4.69, 9.17) is 14.2 Å². The van der Waals surface area contributed by atoms with Gasteiger partial charge in [0, 0.05) is 11.1 Å². The number of hydrogen-bond donors (Lipinski definition) is 2. The summed E-state index contributed by atoms with van der Waals surface area (Å²) in [4.78, 5) is 48.3. The van der Waals surface area contributed by atoms with E-state index >= 15 is 0 Å². The minimum absolute atomic E-state index is 0.139. The maximum Gasteiger partial charge on any atom is 0.338 e. The molecule has 0 aromatic heterocycles. The Morgan fingerprint density at radius 3 is 2.47 bits per heavy atom. The molecule has 0 aliphatic carbocycles. The monoisotopic (exact) mass is 418 g/mol. The van der Waals surface area contributed by atoms with Crippen molar-refractivity contribution in [2.75, 3.05) is 20.3 Å². The van der Waals surface area contributed by atoms with Crippen molar-refractivity contribution in [1.82, 2.24) is 10.6 Å². The molecule has 30 heavy (non-hydrogen) atoms. The normalized spacial score (nSPS) is 15.7. The van der Waals surface area contributed by atoms with Crippen LogP contribution in [0.5, 0.6) is 5.75 Å². The molecule has 0 radical (unpaired) electrons. The third-order valence-electron chi connectivity index (χ3n) is 4.55. The summed E-state index contributed by atoms with van der Waals surface area (Å²) in [6.45, 7) is 4.79. The van der Waals surface area contributed by atoms with E-state index in [0.29, 0.717) is 23.3 Å². The average molecular weight is 418 g/mol. The number of ether oxygens (including phenoxy) is 3. The maximum atomic E-state index is 12.4. The van der Waals surface area contributed by atoms with Crippen molar-refractivity contribution in [3.63, 3.8) is 0 Å². The number of methoxy groups -OCH3 is 1. The van der Waals surface area contributed by atoms with Gasteiger partial charge in [-0.15, -0.1) is 0 Å². The zero-order chi connectivity index (χ0) is 22.3. The number of amides is 2. The fraction of sp³-hybridized carbons (Fsp3) is 0.429. The number of carbonyl (C=O) groups is 4. The zero-order valence-corrected chi connectivity index (χ0v) is 17.5. The van der Waals surface area contributed by atoms with Crippen LogP contribution in [-0.4, -0.2) is 50.1 Å². The Hall–Kier alpha value is -3.36. The SMILES string of the molecule is CCOC(=O)C1=C(COC(=O)Cc2cc(C(C)=O)ccc2OC)NC(=O)N[C@@H]1CC. The highest BCUT2D eigenvalue weighted by Gasteiger charge is 2.32. The molecule has 0 bridgehead atoms. The highest BCUT2D eigenvalue weighted by Crippen LogP contribution is 2.22. The van der Waals surface area contributed by atoms with Crippen LogP contribution in [0.4, 0.5) is 4.79 Å². The standard InChI is InChI=1S/C21H26N2O7/c1-5-15-19(20(26)29-6-2)16(23-21(27)22-15)11-30-18(25)10-14-9-13(12(3)24)7-8-17(14)28-4/h7-9,15H,5-6,10-11H2,1-4H3,(H2,22,23,27)/t15-/m1/s1. The molecule has 2 rings (SSSR count). The molecule has 1 aliphatic rings. The van der Waals surface area contributed by atoms with Crippen LogP contribution < -0.4 is 15.4 Å². The minimum Gasteiger partial charge on any atom is -0.496 e. The number of hydrogen-bond acceptors (Lipinski definition) is 7. The second kappa shape index (κ2) is 10.4. The predicted octanol–water partition coefficient (Wildman–Crippen LogP) is 1.89. The van der Waals surface area contributed by atoms with Gasteiger partial charge in [0.2, 0.25) is 0 Å². The minimum atomic E-state index is -0.606. The van der Waals surface area contributed by atoms with Crippen LogP contribution in [-0.2, 0) is 25.5 Å². The topological polar surface area (TPSA) is 120 Å². The van der Waals surface area contributed by atoms with Gasteiger partial charge in [-0.05, 0) is 38.5 Å². The van der Waals surface area contributed by atoms with Crippen molar-refractivity contribution in [3.05, 3.63) is 40.6 Å². The van der Waals surface area contributed by atoms with Crippen molar-refractivity contribution in [2.24, 2.45) is 0 Å². The summed E-state index contributed by atoms with van der Waals surface area (Å²) in [6.07, 6.45) is 0.323. The Bertz CT molecular complexity index is 876. The van der Waals surface area contributed by atoms with Crippen LogP contribution in [0.25, 0.3) is 0 Å². The molecular formula is C21H26N2O7. The van der Waals surface area contributed by atoms with Crippen LogP contribution in [0.2, 0.25) is 0 Å². The Balaban J connectivity index is 2.18. The zero-order valence-electron chi connectivity index (χ0n) is 17.5. The molecule has 1 aromatic rings. The van der Waals surface area contributed by atoms with Gasteiger partial charge in [0.25, 0.3) is 0 Å². The molecule has 0 unspecified atom stereocenters. The molecule has 1 aliphatic heterocycles. The first-order valence-electron chi connectivity index (χ1n) is 9.61. The molecule has 162 valence electrons. The lowest BCUT2D eigenvalue weighted by Crippen LogP contribution is -2.51. The van der Waals surface area contributed by atoms with Crippen LogP contribution >= 0.6 is 0 Å². The van der Waals surface area contributed by atoms with E-state index in [0.717, 1.165) is 0 Å². The molecule has 9 heteroatoms. The van der Waals surface area contributed by atoms with E-state index in [2.05, 4.69) is 10.6 Å². The highest BCUT2D eigenvalue weighted by molar-refractivity contribution is 5.95. The van der Waals surface area contributed by atoms with Gasteiger partial charge in [0.15, 0.2) is 5.78 Å². The number of nitrogens with one attached hydrogen (secondary N) is 2. The van der Waals surface area contributed by atoms with Gasteiger partial charge in [-0.3, -0.25) is 9.59 Å². The van der Waals surface area contributed by atoms with E-state index < -0.39 is 24.0 Å². The summed E-state index contributed by atoms with van der Waals surface area (Å²) < 4.78 is 15.6. The van der Waals surface area contributed by atoms with E-state index in [1.165, 1.54) is 14.0 Å². The van der Waals surface area contributed by atoms with Gasteiger partial charge in [0.05, 0.1) is 37.4 Å². The molecule has 1 atom stereocenters. The second-order valence-corrected chi connectivity index (χ2v) is 6.59. The van der Waals surface area contributed by atoms with Crippen LogP contribution in [0.15, 0.2) is 29.5 Å². The van der Waals surface area contributed by atoms with Crippen LogP contribution in [0.3, 0.4) is 0 Å². The quantitative estimate of drug-likeness (QED) is 0.464. The Morgan fingerprint density at radius 1 is 1.13 bits per heavy atom. The summed E-state index contributed by atoms with van der Waals surface area (Å²) >= 11 is 0. The molecule has 0 saturated carbocycles. The lowest BCUT2D eigenvalue weighted by Gasteiger charge is -2.28. The van der Waals surface area contributed by atoms with Crippen LogP contribution in [0.1, 0.15) is 43.1 Å². The number of urea groups is 1. The molecule has 2 amide bonds.